The summed E-state index contributed by atoms with van der Waals surface area (Å²) in [5.74, 6) is 7.06. The smallest absolute Gasteiger partial charge is 0.228 e. The molecule has 2 heterocycles. The van der Waals surface area contributed by atoms with Crippen LogP contribution in [0.4, 0.5) is 11.6 Å². The van der Waals surface area contributed by atoms with Gasteiger partial charge in [-0.25, -0.2) is 9.97 Å². The minimum atomic E-state index is -1.09. The lowest BCUT2D eigenvalue weighted by atomic mass is 10.1. The number of rotatable bonds is 3. The number of hydrogen-bond donors (Lipinski definition) is 3. The van der Waals surface area contributed by atoms with Gasteiger partial charge < -0.3 is 15.7 Å². The molecule has 1 fully saturated rings. The van der Waals surface area contributed by atoms with Gasteiger partial charge >= 0.3 is 0 Å². The highest BCUT2D eigenvalue weighted by Gasteiger charge is 2.29. The van der Waals surface area contributed by atoms with Crippen molar-refractivity contribution >= 4 is 28.3 Å². The summed E-state index contributed by atoms with van der Waals surface area (Å²) >= 11 is 0. The van der Waals surface area contributed by atoms with Crippen LogP contribution in [0, 0.1) is 17.8 Å². The van der Waals surface area contributed by atoms with Gasteiger partial charge in [-0.05, 0) is 32.8 Å². The van der Waals surface area contributed by atoms with Crippen LogP contribution in [-0.2, 0) is 4.79 Å². The maximum Gasteiger partial charge on any atom is 0.228 e. The Balaban J connectivity index is 2.05. The summed E-state index contributed by atoms with van der Waals surface area (Å²) in [6, 6.07) is 1.80. The minimum absolute atomic E-state index is 0.00821. The molecule has 1 amide bonds. The van der Waals surface area contributed by atoms with E-state index in [-0.39, 0.29) is 11.8 Å². The summed E-state index contributed by atoms with van der Waals surface area (Å²) in [7, 11) is 1.78. The minimum Gasteiger partial charge on any atom is -0.378 e. The van der Waals surface area contributed by atoms with Crippen LogP contribution >= 0.6 is 0 Å². The lowest BCUT2D eigenvalue weighted by molar-refractivity contribution is -0.117. The lowest BCUT2D eigenvalue weighted by Crippen LogP contribution is -2.15. The summed E-state index contributed by atoms with van der Waals surface area (Å²) in [5.41, 5.74) is -0.417. The van der Waals surface area contributed by atoms with Crippen LogP contribution in [0.2, 0.25) is 0 Å². The predicted octanol–water partition coefficient (Wildman–Crippen LogP) is 2.14. The van der Waals surface area contributed by atoms with Gasteiger partial charge in [0.1, 0.15) is 17.2 Å². The van der Waals surface area contributed by atoms with Crippen molar-refractivity contribution in [3.05, 3.63) is 24.0 Å². The number of aromatic nitrogens is 2. The first-order valence-electron chi connectivity index (χ1n) is 7.90. The number of amides is 1. The monoisotopic (exact) mass is 324 g/mol. The molecule has 6 heteroatoms. The highest BCUT2D eigenvalue weighted by atomic mass is 16.3. The van der Waals surface area contributed by atoms with Crippen molar-refractivity contribution in [1.82, 2.24) is 9.97 Å². The third-order valence-corrected chi connectivity index (χ3v) is 3.71. The molecule has 0 radical (unpaired) electrons. The Kier molecular flexibility index (Phi) is 4.12. The molecule has 6 nitrogen and oxygen atoms in total. The zero-order valence-electron chi connectivity index (χ0n) is 14.0. The van der Waals surface area contributed by atoms with E-state index in [0.29, 0.717) is 17.2 Å². The van der Waals surface area contributed by atoms with Gasteiger partial charge in [-0.2, -0.15) is 0 Å². The fourth-order valence-corrected chi connectivity index (χ4v) is 2.30. The second-order valence-corrected chi connectivity index (χ2v) is 6.46. The molecular weight excluding hydrogens is 304 g/mol. The van der Waals surface area contributed by atoms with E-state index in [1.807, 2.05) is 0 Å². The summed E-state index contributed by atoms with van der Waals surface area (Å²) in [6.07, 6.45) is 5.20. The first-order chi connectivity index (χ1) is 11.4. The first-order valence-corrected chi connectivity index (χ1v) is 7.90. The molecule has 2 aromatic heterocycles. The van der Waals surface area contributed by atoms with Crippen molar-refractivity contribution in [2.24, 2.45) is 5.92 Å². The zero-order valence-corrected chi connectivity index (χ0v) is 14.0. The Labute approximate surface area is 140 Å². The Hall–Kier alpha value is -2.65. The van der Waals surface area contributed by atoms with Gasteiger partial charge in [0.15, 0.2) is 0 Å². The normalized spacial score (nSPS) is 14.0. The fourth-order valence-electron chi connectivity index (χ4n) is 2.30. The van der Waals surface area contributed by atoms with E-state index in [1.165, 1.54) is 0 Å². The molecule has 2 aromatic rings. The number of carbonyl (C=O) groups excluding carboxylic acids is 1. The van der Waals surface area contributed by atoms with Gasteiger partial charge in [0.05, 0.1) is 5.56 Å². The molecule has 24 heavy (non-hydrogen) atoms. The van der Waals surface area contributed by atoms with Gasteiger partial charge in [-0.15, -0.1) is 0 Å². The first kappa shape index (κ1) is 16.2. The third-order valence-electron chi connectivity index (χ3n) is 3.71. The summed E-state index contributed by atoms with van der Waals surface area (Å²) < 4.78 is 0. The second kappa shape index (κ2) is 6.10. The molecule has 0 bridgehead atoms. The second-order valence-electron chi connectivity index (χ2n) is 6.46. The number of anilines is 2. The molecule has 0 saturated heterocycles. The van der Waals surface area contributed by atoms with Crippen LogP contribution in [-0.4, -0.2) is 33.6 Å². The number of nitrogens with one attached hydrogen (secondary N) is 2. The molecule has 0 spiro atoms. The molecule has 0 atom stereocenters. The maximum absolute atomic E-state index is 11.9. The fraction of sp³-hybridized carbons (Fsp3) is 0.389. The summed E-state index contributed by atoms with van der Waals surface area (Å²) in [6.45, 7) is 3.25. The van der Waals surface area contributed by atoms with Crippen molar-refractivity contribution in [2.75, 3.05) is 17.7 Å². The highest BCUT2D eigenvalue weighted by Crippen LogP contribution is 2.31. The van der Waals surface area contributed by atoms with Crippen LogP contribution in [0.3, 0.4) is 0 Å². The Morgan fingerprint density at radius 1 is 1.29 bits per heavy atom. The van der Waals surface area contributed by atoms with E-state index < -0.39 is 5.60 Å². The zero-order chi connectivity index (χ0) is 17.3. The lowest BCUT2D eigenvalue weighted by Gasteiger charge is -2.10. The molecule has 0 aliphatic heterocycles. The van der Waals surface area contributed by atoms with Crippen molar-refractivity contribution in [1.29, 1.82) is 0 Å². The van der Waals surface area contributed by atoms with Crippen molar-refractivity contribution in [3.8, 4) is 11.8 Å². The van der Waals surface area contributed by atoms with E-state index in [1.54, 1.807) is 39.4 Å². The van der Waals surface area contributed by atoms with Crippen LogP contribution in [0.15, 0.2) is 18.5 Å². The number of nitrogens with zero attached hydrogens (tertiary/aromatic N) is 2. The Morgan fingerprint density at radius 3 is 2.67 bits per heavy atom. The van der Waals surface area contributed by atoms with Crippen LogP contribution in [0.25, 0.3) is 10.8 Å². The van der Waals surface area contributed by atoms with Gasteiger partial charge in [0.25, 0.3) is 0 Å². The van der Waals surface area contributed by atoms with Gasteiger partial charge in [-0.3, -0.25) is 4.79 Å². The Bertz CT molecular complexity index is 855. The molecule has 3 rings (SSSR count). The number of pyridine rings is 2. The molecule has 0 unspecified atom stereocenters. The quantitative estimate of drug-likeness (QED) is 0.753. The highest BCUT2D eigenvalue weighted by molar-refractivity contribution is 5.99. The van der Waals surface area contributed by atoms with Gasteiger partial charge in [-0.1, -0.05) is 11.8 Å². The topological polar surface area (TPSA) is 87.1 Å². The molecular formula is C18H20N4O2. The number of hydrogen-bond acceptors (Lipinski definition) is 5. The predicted molar refractivity (Wildman–Crippen MR) is 93.6 cm³/mol. The van der Waals surface area contributed by atoms with E-state index in [2.05, 4.69) is 32.4 Å². The van der Waals surface area contributed by atoms with Crippen LogP contribution in [0.5, 0.6) is 0 Å². The SMILES string of the molecule is CNc1ncc(C#CC(C)(C)O)c2cc(NC(=O)C3CC3)ncc12. The van der Waals surface area contributed by atoms with E-state index in [4.69, 9.17) is 0 Å². The average molecular weight is 324 g/mol. The van der Waals surface area contributed by atoms with Crippen molar-refractivity contribution < 1.29 is 9.90 Å². The van der Waals surface area contributed by atoms with E-state index in [0.717, 1.165) is 23.6 Å². The number of carbonyl (C=O) groups is 1. The van der Waals surface area contributed by atoms with Gasteiger partial charge in [0, 0.05) is 36.1 Å². The molecule has 124 valence electrons. The van der Waals surface area contributed by atoms with Crippen molar-refractivity contribution in [2.45, 2.75) is 32.3 Å². The van der Waals surface area contributed by atoms with E-state index in [9.17, 15) is 9.90 Å². The number of aliphatic hydroxyl groups is 1. The maximum atomic E-state index is 11.9. The largest absolute Gasteiger partial charge is 0.378 e. The Morgan fingerprint density at radius 2 is 2.04 bits per heavy atom. The molecule has 0 aromatic carbocycles. The summed E-state index contributed by atoms with van der Waals surface area (Å²) in [5, 5.41) is 17.3. The number of fused-ring (bicyclic) bond motifs is 1. The molecule has 1 saturated carbocycles. The summed E-state index contributed by atoms with van der Waals surface area (Å²) in [4.78, 5) is 20.6. The van der Waals surface area contributed by atoms with Crippen molar-refractivity contribution in [3.63, 3.8) is 0 Å². The van der Waals surface area contributed by atoms with Crippen LogP contribution in [0.1, 0.15) is 32.3 Å². The van der Waals surface area contributed by atoms with Crippen LogP contribution < -0.4 is 10.6 Å². The molecule has 3 N–H and O–H groups in total. The average Bonchev–Trinajstić information content (AvgIpc) is 3.36. The van der Waals surface area contributed by atoms with E-state index >= 15 is 0 Å². The standard InChI is InChI=1S/C18H20N4O2/c1-18(2,24)7-6-12-9-21-16(19-3)14-10-20-15(8-13(12)14)22-17(23)11-4-5-11/h8-11,24H,4-5H2,1-3H3,(H,19,21)(H,20,22,23). The third kappa shape index (κ3) is 3.63. The molecule has 1 aliphatic rings. The molecule has 1 aliphatic carbocycles. The van der Waals surface area contributed by atoms with Gasteiger partial charge in [0.2, 0.25) is 5.91 Å².